The first-order valence-electron chi connectivity index (χ1n) is 9.65. The highest BCUT2D eigenvalue weighted by Crippen LogP contribution is 2.26. The molecule has 0 aliphatic carbocycles. The summed E-state index contributed by atoms with van der Waals surface area (Å²) < 4.78 is 1.96. The van der Waals surface area contributed by atoms with Crippen molar-refractivity contribution < 1.29 is 4.79 Å². The first kappa shape index (κ1) is 18.9. The number of imidazole rings is 1. The Labute approximate surface area is 170 Å². The average molecular weight is 384 g/mol. The second-order valence-electron chi connectivity index (χ2n) is 8.20. The lowest BCUT2D eigenvalue weighted by Gasteiger charge is -2.19. The predicted octanol–water partition coefficient (Wildman–Crippen LogP) is 5.25. The minimum Gasteiger partial charge on any atom is -0.322 e. The molecule has 0 radical (unpaired) electrons. The standard InChI is InChI=1S/C24H24N4O/c1-16-21(27-23-25-13-6-14-28(16)23)18-7-5-8-20(15-18)26-22(29)17-9-11-19(12-10-17)24(2,3)4/h5-15H,1-4H3,(H,26,29). The van der Waals surface area contributed by atoms with Crippen LogP contribution in [0.3, 0.4) is 0 Å². The molecule has 0 saturated heterocycles. The fourth-order valence-corrected chi connectivity index (χ4v) is 3.35. The fourth-order valence-electron chi connectivity index (χ4n) is 3.35. The zero-order valence-electron chi connectivity index (χ0n) is 17.1. The number of aromatic nitrogens is 3. The van der Waals surface area contributed by atoms with Gasteiger partial charge in [0.05, 0.1) is 5.69 Å². The quantitative estimate of drug-likeness (QED) is 0.524. The number of nitrogens with zero attached hydrogens (tertiary/aromatic N) is 3. The van der Waals surface area contributed by atoms with E-state index in [-0.39, 0.29) is 11.3 Å². The van der Waals surface area contributed by atoms with Gasteiger partial charge in [-0.2, -0.15) is 0 Å². The van der Waals surface area contributed by atoms with Crippen LogP contribution in [0.2, 0.25) is 0 Å². The van der Waals surface area contributed by atoms with E-state index in [0.717, 1.165) is 22.6 Å². The Hall–Kier alpha value is -3.47. The molecule has 2 aromatic carbocycles. The molecule has 0 aliphatic rings. The number of rotatable bonds is 3. The minimum absolute atomic E-state index is 0.0597. The molecule has 5 heteroatoms. The second kappa shape index (κ2) is 7.17. The molecule has 0 unspecified atom stereocenters. The molecule has 4 aromatic rings. The van der Waals surface area contributed by atoms with Crippen molar-refractivity contribution in [3.8, 4) is 11.3 Å². The fraction of sp³-hybridized carbons (Fsp3) is 0.208. The number of nitrogens with one attached hydrogen (secondary N) is 1. The van der Waals surface area contributed by atoms with E-state index in [1.54, 1.807) is 6.20 Å². The molecule has 146 valence electrons. The van der Waals surface area contributed by atoms with E-state index in [9.17, 15) is 4.79 Å². The Morgan fingerprint density at radius 3 is 2.48 bits per heavy atom. The van der Waals surface area contributed by atoms with Crippen LogP contribution in [0, 0.1) is 6.92 Å². The van der Waals surface area contributed by atoms with Gasteiger partial charge >= 0.3 is 0 Å². The molecule has 0 bridgehead atoms. The van der Waals surface area contributed by atoms with E-state index in [1.165, 1.54) is 5.56 Å². The maximum absolute atomic E-state index is 12.7. The van der Waals surface area contributed by atoms with Gasteiger partial charge in [0.2, 0.25) is 5.78 Å². The number of hydrogen-bond donors (Lipinski definition) is 1. The van der Waals surface area contributed by atoms with Crippen molar-refractivity contribution in [1.29, 1.82) is 0 Å². The van der Waals surface area contributed by atoms with Crippen LogP contribution in [0.4, 0.5) is 5.69 Å². The number of amides is 1. The van der Waals surface area contributed by atoms with Gasteiger partial charge in [-0.1, -0.05) is 45.0 Å². The van der Waals surface area contributed by atoms with E-state index in [2.05, 4.69) is 36.1 Å². The van der Waals surface area contributed by atoms with Gasteiger partial charge in [0.1, 0.15) is 0 Å². The number of benzene rings is 2. The molecular weight excluding hydrogens is 360 g/mol. The van der Waals surface area contributed by atoms with E-state index < -0.39 is 0 Å². The highest BCUT2D eigenvalue weighted by atomic mass is 16.1. The van der Waals surface area contributed by atoms with Crippen molar-refractivity contribution >= 4 is 17.4 Å². The largest absolute Gasteiger partial charge is 0.322 e. The number of carbonyl (C=O) groups is 1. The summed E-state index contributed by atoms with van der Waals surface area (Å²) in [4.78, 5) is 21.6. The van der Waals surface area contributed by atoms with E-state index in [1.807, 2.05) is 72.1 Å². The van der Waals surface area contributed by atoms with Gasteiger partial charge < -0.3 is 5.32 Å². The Morgan fingerprint density at radius 2 is 1.79 bits per heavy atom. The third-order valence-corrected chi connectivity index (χ3v) is 5.05. The minimum atomic E-state index is -0.129. The molecule has 0 spiro atoms. The van der Waals surface area contributed by atoms with E-state index in [0.29, 0.717) is 11.3 Å². The van der Waals surface area contributed by atoms with Gasteiger partial charge in [0.15, 0.2) is 0 Å². The highest BCUT2D eigenvalue weighted by Gasteiger charge is 2.15. The summed E-state index contributed by atoms with van der Waals surface area (Å²) in [7, 11) is 0. The summed E-state index contributed by atoms with van der Waals surface area (Å²) in [5.41, 5.74) is 5.43. The first-order valence-corrected chi connectivity index (χ1v) is 9.65. The summed E-state index contributed by atoms with van der Waals surface area (Å²) in [6.07, 6.45) is 3.67. The summed E-state index contributed by atoms with van der Waals surface area (Å²) in [6, 6.07) is 17.4. The SMILES string of the molecule is Cc1c(-c2cccc(NC(=O)c3ccc(C(C)(C)C)cc3)c2)nc2ncccn12. The van der Waals surface area contributed by atoms with Crippen LogP contribution < -0.4 is 5.32 Å². The third-order valence-electron chi connectivity index (χ3n) is 5.05. The Kier molecular flexibility index (Phi) is 4.66. The van der Waals surface area contributed by atoms with E-state index >= 15 is 0 Å². The van der Waals surface area contributed by atoms with Crippen molar-refractivity contribution in [1.82, 2.24) is 14.4 Å². The predicted molar refractivity (Wildman–Crippen MR) is 116 cm³/mol. The van der Waals surface area contributed by atoms with Crippen molar-refractivity contribution in [2.45, 2.75) is 33.1 Å². The molecule has 0 aliphatic heterocycles. The number of anilines is 1. The maximum atomic E-state index is 12.7. The van der Waals surface area contributed by atoms with Gasteiger partial charge in [-0.15, -0.1) is 0 Å². The van der Waals surface area contributed by atoms with Crippen LogP contribution in [0.1, 0.15) is 42.4 Å². The lowest BCUT2D eigenvalue weighted by atomic mass is 9.87. The molecule has 4 rings (SSSR count). The van der Waals surface area contributed by atoms with Crippen molar-refractivity contribution in [3.63, 3.8) is 0 Å². The lowest BCUT2D eigenvalue weighted by molar-refractivity contribution is 0.102. The number of hydrogen-bond acceptors (Lipinski definition) is 3. The molecule has 2 heterocycles. The van der Waals surface area contributed by atoms with Gasteiger partial charge in [0, 0.05) is 34.9 Å². The normalized spacial score (nSPS) is 11.6. The number of carbonyl (C=O) groups excluding carboxylic acids is 1. The van der Waals surface area contributed by atoms with Gasteiger partial charge in [-0.05, 0) is 48.2 Å². The van der Waals surface area contributed by atoms with Gasteiger partial charge in [0.25, 0.3) is 5.91 Å². The van der Waals surface area contributed by atoms with Gasteiger partial charge in [-0.3, -0.25) is 9.20 Å². The Balaban J connectivity index is 1.59. The topological polar surface area (TPSA) is 59.3 Å². The smallest absolute Gasteiger partial charge is 0.255 e. The average Bonchev–Trinajstić information content (AvgIpc) is 3.05. The van der Waals surface area contributed by atoms with Crippen molar-refractivity contribution in [2.24, 2.45) is 0 Å². The summed E-state index contributed by atoms with van der Waals surface area (Å²) >= 11 is 0. The molecule has 0 fully saturated rings. The van der Waals surface area contributed by atoms with Crippen molar-refractivity contribution in [3.05, 3.63) is 83.8 Å². The zero-order chi connectivity index (χ0) is 20.6. The Morgan fingerprint density at radius 1 is 1.03 bits per heavy atom. The van der Waals surface area contributed by atoms with Crippen LogP contribution in [0.15, 0.2) is 67.0 Å². The van der Waals surface area contributed by atoms with Crippen molar-refractivity contribution in [2.75, 3.05) is 5.32 Å². The van der Waals surface area contributed by atoms with Crippen LogP contribution in [0.5, 0.6) is 0 Å². The molecule has 1 amide bonds. The zero-order valence-corrected chi connectivity index (χ0v) is 17.1. The van der Waals surface area contributed by atoms with E-state index in [4.69, 9.17) is 0 Å². The number of aryl methyl sites for hydroxylation is 1. The molecular formula is C24H24N4O. The molecule has 1 N–H and O–H groups in total. The first-order chi connectivity index (χ1) is 13.8. The molecule has 5 nitrogen and oxygen atoms in total. The summed E-state index contributed by atoms with van der Waals surface area (Å²) in [6.45, 7) is 8.48. The van der Waals surface area contributed by atoms with Gasteiger partial charge in [-0.25, -0.2) is 9.97 Å². The lowest BCUT2D eigenvalue weighted by Crippen LogP contribution is -2.14. The number of fused-ring (bicyclic) bond motifs is 1. The highest BCUT2D eigenvalue weighted by molar-refractivity contribution is 6.04. The molecule has 2 aromatic heterocycles. The Bertz CT molecular complexity index is 1180. The molecule has 0 atom stereocenters. The van der Waals surface area contributed by atoms with Crippen LogP contribution >= 0.6 is 0 Å². The maximum Gasteiger partial charge on any atom is 0.255 e. The monoisotopic (exact) mass is 384 g/mol. The molecule has 0 saturated carbocycles. The van der Waals surface area contributed by atoms with Crippen LogP contribution in [0.25, 0.3) is 17.0 Å². The van der Waals surface area contributed by atoms with Crippen LogP contribution in [-0.2, 0) is 5.41 Å². The van der Waals surface area contributed by atoms with Crippen LogP contribution in [-0.4, -0.2) is 20.3 Å². The third kappa shape index (κ3) is 3.76. The summed E-state index contributed by atoms with van der Waals surface area (Å²) in [5.74, 6) is 0.532. The summed E-state index contributed by atoms with van der Waals surface area (Å²) in [5, 5.41) is 2.99. The molecule has 29 heavy (non-hydrogen) atoms. The second-order valence-corrected chi connectivity index (χ2v) is 8.20.